The summed E-state index contributed by atoms with van der Waals surface area (Å²) in [5.74, 6) is 0.843. The molecule has 0 bridgehead atoms. The van der Waals surface area contributed by atoms with E-state index >= 15 is 0 Å². The van der Waals surface area contributed by atoms with Gasteiger partial charge < -0.3 is 10.6 Å². The zero-order chi connectivity index (χ0) is 14.3. The van der Waals surface area contributed by atoms with Gasteiger partial charge in [0.1, 0.15) is 0 Å². The van der Waals surface area contributed by atoms with Gasteiger partial charge in [0, 0.05) is 30.2 Å². The zero-order valence-corrected chi connectivity index (χ0v) is 12.9. The van der Waals surface area contributed by atoms with Crippen molar-refractivity contribution in [3.63, 3.8) is 0 Å². The zero-order valence-electron chi connectivity index (χ0n) is 12.1. The van der Waals surface area contributed by atoms with E-state index < -0.39 is 0 Å². The molecule has 0 saturated heterocycles. The Morgan fingerprint density at radius 1 is 1.53 bits per heavy atom. The minimum Gasteiger partial charge on any atom is -0.384 e. The fourth-order valence-electron chi connectivity index (χ4n) is 1.74. The highest BCUT2D eigenvalue weighted by Gasteiger charge is 2.14. The number of aryl methyl sites for hydroxylation is 1. The van der Waals surface area contributed by atoms with E-state index in [4.69, 9.17) is 0 Å². The van der Waals surface area contributed by atoms with Crippen LogP contribution in [0.5, 0.6) is 0 Å². The van der Waals surface area contributed by atoms with Gasteiger partial charge in [0.05, 0.1) is 11.3 Å². The van der Waals surface area contributed by atoms with E-state index in [0.29, 0.717) is 5.56 Å². The van der Waals surface area contributed by atoms with Crippen LogP contribution >= 0.6 is 11.8 Å². The monoisotopic (exact) mass is 281 g/mol. The summed E-state index contributed by atoms with van der Waals surface area (Å²) in [5.41, 5.74) is 2.39. The van der Waals surface area contributed by atoms with Crippen molar-refractivity contribution in [1.29, 1.82) is 0 Å². The van der Waals surface area contributed by atoms with Crippen LogP contribution in [-0.2, 0) is 0 Å². The van der Waals surface area contributed by atoms with Crippen molar-refractivity contribution in [3.05, 3.63) is 23.5 Å². The Balaban J connectivity index is 2.82. The number of carbonyl (C=O) groups excluding carboxylic acids is 1. The number of hydrogen-bond donors (Lipinski definition) is 2. The number of anilines is 1. The summed E-state index contributed by atoms with van der Waals surface area (Å²) in [7, 11) is 0. The lowest BCUT2D eigenvalue weighted by Crippen LogP contribution is -2.34. The average Bonchev–Trinajstić information content (AvgIpc) is 2.36. The van der Waals surface area contributed by atoms with Crippen LogP contribution in [0.15, 0.2) is 12.3 Å². The van der Waals surface area contributed by atoms with Crippen LogP contribution in [0.2, 0.25) is 0 Å². The molecular weight excluding hydrogens is 258 g/mol. The van der Waals surface area contributed by atoms with E-state index in [1.807, 2.05) is 26.2 Å². The fourth-order valence-corrected chi connectivity index (χ4v) is 2.32. The first-order valence-corrected chi connectivity index (χ1v) is 7.98. The van der Waals surface area contributed by atoms with Crippen molar-refractivity contribution in [2.24, 2.45) is 0 Å². The summed E-state index contributed by atoms with van der Waals surface area (Å²) in [6.45, 7) is 6.88. The number of amides is 1. The number of nitrogens with one attached hydrogen (secondary N) is 2. The minimum absolute atomic E-state index is 0.0624. The number of hydrogen-bond acceptors (Lipinski definition) is 4. The van der Waals surface area contributed by atoms with Gasteiger partial charge in [-0.2, -0.15) is 11.8 Å². The van der Waals surface area contributed by atoms with Gasteiger partial charge in [-0.15, -0.1) is 0 Å². The molecule has 0 aliphatic rings. The number of thioether (sulfide) groups is 1. The molecule has 0 aliphatic carbocycles. The molecule has 1 unspecified atom stereocenters. The van der Waals surface area contributed by atoms with Gasteiger partial charge in [0.15, 0.2) is 0 Å². The van der Waals surface area contributed by atoms with Crippen LogP contribution in [-0.4, -0.2) is 35.5 Å². The molecule has 0 spiro atoms. The molecule has 1 rings (SSSR count). The SMILES string of the molecule is CCCNc1cc(C)ncc1C(=O)NC(C)CSC. The van der Waals surface area contributed by atoms with E-state index in [2.05, 4.69) is 22.5 Å². The molecule has 1 heterocycles. The summed E-state index contributed by atoms with van der Waals surface area (Å²) in [5, 5.41) is 6.28. The molecule has 2 N–H and O–H groups in total. The van der Waals surface area contributed by atoms with E-state index in [1.165, 1.54) is 0 Å². The minimum atomic E-state index is -0.0624. The quantitative estimate of drug-likeness (QED) is 0.807. The van der Waals surface area contributed by atoms with Crippen molar-refractivity contribution >= 4 is 23.4 Å². The highest BCUT2D eigenvalue weighted by molar-refractivity contribution is 7.98. The van der Waals surface area contributed by atoms with Gasteiger partial charge in [-0.05, 0) is 32.6 Å². The standard InChI is InChI=1S/C14H23N3OS/c1-5-6-15-13-7-10(2)16-8-12(13)14(18)17-11(3)9-19-4/h7-8,11H,5-6,9H2,1-4H3,(H,15,16)(H,17,18). The number of rotatable bonds is 7. The molecule has 5 heteroatoms. The molecule has 0 aromatic carbocycles. The second kappa shape index (κ2) is 8.04. The molecule has 19 heavy (non-hydrogen) atoms. The molecule has 0 aliphatic heterocycles. The predicted octanol–water partition coefficient (Wildman–Crippen LogP) is 2.69. The molecule has 1 atom stereocenters. The fraction of sp³-hybridized carbons (Fsp3) is 0.571. The maximum absolute atomic E-state index is 12.2. The first kappa shape index (κ1) is 15.8. The topological polar surface area (TPSA) is 54.0 Å². The van der Waals surface area contributed by atoms with E-state index in [-0.39, 0.29) is 11.9 Å². The molecule has 0 saturated carbocycles. The van der Waals surface area contributed by atoms with Crippen LogP contribution in [0, 0.1) is 6.92 Å². The highest BCUT2D eigenvalue weighted by atomic mass is 32.2. The molecule has 1 aromatic heterocycles. The van der Waals surface area contributed by atoms with Crippen LogP contribution < -0.4 is 10.6 Å². The summed E-state index contributed by atoms with van der Waals surface area (Å²) in [6, 6.07) is 2.08. The van der Waals surface area contributed by atoms with Crippen molar-refractivity contribution in [1.82, 2.24) is 10.3 Å². The summed E-state index contributed by atoms with van der Waals surface area (Å²) < 4.78 is 0. The predicted molar refractivity (Wildman–Crippen MR) is 83.1 cm³/mol. The van der Waals surface area contributed by atoms with Gasteiger partial charge in [0.25, 0.3) is 5.91 Å². The lowest BCUT2D eigenvalue weighted by molar-refractivity contribution is 0.0944. The van der Waals surface area contributed by atoms with Crippen LogP contribution in [0.25, 0.3) is 0 Å². The Bertz CT molecular complexity index is 423. The van der Waals surface area contributed by atoms with Crippen molar-refractivity contribution in [2.75, 3.05) is 23.9 Å². The lowest BCUT2D eigenvalue weighted by atomic mass is 10.2. The van der Waals surface area contributed by atoms with Crippen LogP contribution in [0.4, 0.5) is 5.69 Å². The number of carbonyl (C=O) groups is 1. The normalized spacial score (nSPS) is 12.0. The van der Waals surface area contributed by atoms with Crippen molar-refractivity contribution in [2.45, 2.75) is 33.2 Å². The Kier molecular flexibility index (Phi) is 6.70. The highest BCUT2D eigenvalue weighted by Crippen LogP contribution is 2.16. The lowest BCUT2D eigenvalue weighted by Gasteiger charge is -2.15. The van der Waals surface area contributed by atoms with Gasteiger partial charge in [-0.3, -0.25) is 9.78 Å². The van der Waals surface area contributed by atoms with E-state index in [0.717, 1.165) is 30.1 Å². The number of nitrogens with zero attached hydrogens (tertiary/aromatic N) is 1. The molecule has 4 nitrogen and oxygen atoms in total. The summed E-state index contributed by atoms with van der Waals surface area (Å²) >= 11 is 1.72. The Hall–Kier alpha value is -1.23. The molecule has 1 amide bonds. The van der Waals surface area contributed by atoms with E-state index in [9.17, 15) is 4.79 Å². The molecule has 0 radical (unpaired) electrons. The molecular formula is C14H23N3OS. The number of aromatic nitrogens is 1. The third kappa shape index (κ3) is 5.11. The Morgan fingerprint density at radius 2 is 2.26 bits per heavy atom. The van der Waals surface area contributed by atoms with Crippen molar-refractivity contribution in [3.8, 4) is 0 Å². The van der Waals surface area contributed by atoms with Gasteiger partial charge in [0.2, 0.25) is 0 Å². The van der Waals surface area contributed by atoms with Gasteiger partial charge in [-0.25, -0.2) is 0 Å². The summed E-state index contributed by atoms with van der Waals surface area (Å²) in [6.07, 6.45) is 4.70. The van der Waals surface area contributed by atoms with Crippen molar-refractivity contribution < 1.29 is 4.79 Å². The maximum Gasteiger partial charge on any atom is 0.255 e. The smallest absolute Gasteiger partial charge is 0.255 e. The number of pyridine rings is 1. The van der Waals surface area contributed by atoms with Gasteiger partial charge in [-0.1, -0.05) is 6.92 Å². The van der Waals surface area contributed by atoms with Crippen LogP contribution in [0.1, 0.15) is 36.3 Å². The van der Waals surface area contributed by atoms with E-state index in [1.54, 1.807) is 18.0 Å². The summed E-state index contributed by atoms with van der Waals surface area (Å²) in [4.78, 5) is 16.4. The molecule has 0 fully saturated rings. The van der Waals surface area contributed by atoms with Gasteiger partial charge >= 0.3 is 0 Å². The second-order valence-electron chi connectivity index (χ2n) is 4.63. The second-order valence-corrected chi connectivity index (χ2v) is 5.54. The Labute approximate surface area is 119 Å². The largest absolute Gasteiger partial charge is 0.384 e. The Morgan fingerprint density at radius 3 is 2.89 bits per heavy atom. The maximum atomic E-state index is 12.2. The first-order chi connectivity index (χ1) is 9.08. The average molecular weight is 281 g/mol. The van der Waals surface area contributed by atoms with Crippen LogP contribution in [0.3, 0.4) is 0 Å². The molecule has 106 valence electrons. The third-order valence-electron chi connectivity index (χ3n) is 2.64. The third-order valence-corrected chi connectivity index (χ3v) is 3.48. The molecule has 1 aromatic rings. The first-order valence-electron chi connectivity index (χ1n) is 6.58.